The summed E-state index contributed by atoms with van der Waals surface area (Å²) < 4.78 is 25.2. The SMILES string of the molecule is FC(F)=CC(CCc1ccccc1)c1ccc(Cl)cc1. The van der Waals surface area contributed by atoms with Crippen LogP contribution in [0.5, 0.6) is 0 Å². The molecule has 0 N–H and O–H groups in total. The predicted octanol–water partition coefficient (Wildman–Crippen LogP) is 5.84. The summed E-state index contributed by atoms with van der Waals surface area (Å²) in [4.78, 5) is 0. The summed E-state index contributed by atoms with van der Waals surface area (Å²) >= 11 is 5.83. The minimum absolute atomic E-state index is 0.294. The van der Waals surface area contributed by atoms with Gasteiger partial charge in [-0.15, -0.1) is 0 Å². The van der Waals surface area contributed by atoms with E-state index < -0.39 is 6.08 Å². The van der Waals surface area contributed by atoms with Crippen molar-refractivity contribution in [1.29, 1.82) is 0 Å². The molecule has 0 aliphatic carbocycles. The molecule has 0 aliphatic rings. The van der Waals surface area contributed by atoms with Gasteiger partial charge in [0.25, 0.3) is 6.08 Å². The molecular formula is C17H15ClF2. The van der Waals surface area contributed by atoms with Crippen LogP contribution in [0.1, 0.15) is 23.5 Å². The summed E-state index contributed by atoms with van der Waals surface area (Å²) in [6.07, 6.45) is 0.783. The van der Waals surface area contributed by atoms with E-state index in [1.54, 1.807) is 24.3 Å². The first-order chi connectivity index (χ1) is 9.65. The van der Waals surface area contributed by atoms with Gasteiger partial charge < -0.3 is 0 Å². The van der Waals surface area contributed by atoms with Crippen LogP contribution in [0.25, 0.3) is 0 Å². The molecule has 1 atom stereocenters. The highest BCUT2D eigenvalue weighted by atomic mass is 35.5. The number of benzene rings is 2. The molecule has 2 rings (SSSR count). The first kappa shape index (κ1) is 14.7. The van der Waals surface area contributed by atoms with E-state index in [1.165, 1.54) is 0 Å². The van der Waals surface area contributed by atoms with Gasteiger partial charge in [-0.3, -0.25) is 0 Å². The molecule has 0 spiro atoms. The summed E-state index contributed by atoms with van der Waals surface area (Å²) in [5.41, 5.74) is 2.01. The van der Waals surface area contributed by atoms with Crippen molar-refractivity contribution in [2.24, 2.45) is 0 Å². The lowest BCUT2D eigenvalue weighted by atomic mass is 9.92. The highest BCUT2D eigenvalue weighted by Crippen LogP contribution is 2.26. The van der Waals surface area contributed by atoms with Gasteiger partial charge in [0.15, 0.2) is 0 Å². The van der Waals surface area contributed by atoms with E-state index in [0.29, 0.717) is 11.4 Å². The number of hydrogen-bond donors (Lipinski definition) is 0. The van der Waals surface area contributed by atoms with Crippen LogP contribution in [0.4, 0.5) is 8.78 Å². The van der Waals surface area contributed by atoms with Crippen LogP contribution >= 0.6 is 11.6 Å². The highest BCUT2D eigenvalue weighted by molar-refractivity contribution is 6.30. The van der Waals surface area contributed by atoms with Crippen LogP contribution in [0.3, 0.4) is 0 Å². The Morgan fingerprint density at radius 1 is 1.00 bits per heavy atom. The molecule has 0 aliphatic heterocycles. The topological polar surface area (TPSA) is 0 Å². The molecule has 0 fully saturated rings. The largest absolute Gasteiger partial charge is 0.266 e. The smallest absolute Gasteiger partial charge is 0.174 e. The molecule has 0 nitrogen and oxygen atoms in total. The van der Waals surface area contributed by atoms with Crippen LogP contribution in [-0.2, 0) is 6.42 Å². The number of hydrogen-bond acceptors (Lipinski definition) is 0. The van der Waals surface area contributed by atoms with Crippen molar-refractivity contribution in [3.8, 4) is 0 Å². The second kappa shape index (κ2) is 7.20. The van der Waals surface area contributed by atoms with Crippen LogP contribution in [0.15, 0.2) is 66.8 Å². The lowest BCUT2D eigenvalue weighted by Crippen LogP contribution is -1.98. The van der Waals surface area contributed by atoms with Crippen molar-refractivity contribution >= 4 is 11.6 Å². The molecule has 1 unspecified atom stereocenters. The zero-order valence-electron chi connectivity index (χ0n) is 10.9. The Bertz CT molecular complexity index is 557. The molecule has 0 saturated carbocycles. The van der Waals surface area contributed by atoms with Gasteiger partial charge in [-0.05, 0) is 42.2 Å². The first-order valence-electron chi connectivity index (χ1n) is 6.47. The third-order valence-corrected chi connectivity index (χ3v) is 3.46. The van der Waals surface area contributed by atoms with Crippen molar-refractivity contribution in [3.63, 3.8) is 0 Å². The fourth-order valence-electron chi connectivity index (χ4n) is 2.18. The second-order valence-corrected chi connectivity index (χ2v) is 5.08. The molecule has 0 radical (unpaired) electrons. The molecule has 0 amide bonds. The Labute approximate surface area is 122 Å². The van der Waals surface area contributed by atoms with E-state index in [2.05, 4.69) is 0 Å². The van der Waals surface area contributed by atoms with E-state index in [4.69, 9.17) is 11.6 Å². The van der Waals surface area contributed by atoms with Gasteiger partial charge in [0.05, 0.1) is 0 Å². The van der Waals surface area contributed by atoms with Crippen molar-refractivity contribution in [1.82, 2.24) is 0 Å². The highest BCUT2D eigenvalue weighted by Gasteiger charge is 2.11. The maximum absolute atomic E-state index is 12.6. The number of aryl methyl sites for hydroxylation is 1. The van der Waals surface area contributed by atoms with Crippen molar-refractivity contribution in [3.05, 3.63) is 82.9 Å². The normalized spacial score (nSPS) is 11.9. The van der Waals surface area contributed by atoms with Gasteiger partial charge in [0, 0.05) is 10.9 Å². The fourth-order valence-corrected chi connectivity index (χ4v) is 2.30. The van der Waals surface area contributed by atoms with E-state index >= 15 is 0 Å². The molecule has 0 saturated heterocycles. The summed E-state index contributed by atoms with van der Waals surface area (Å²) in [7, 11) is 0. The monoisotopic (exact) mass is 292 g/mol. The molecule has 3 heteroatoms. The minimum Gasteiger partial charge on any atom is -0.174 e. The first-order valence-corrected chi connectivity index (χ1v) is 6.85. The molecule has 2 aromatic carbocycles. The maximum atomic E-state index is 12.6. The lowest BCUT2D eigenvalue weighted by molar-refractivity contribution is 0.413. The average Bonchev–Trinajstić information content (AvgIpc) is 2.45. The van der Waals surface area contributed by atoms with E-state index in [1.807, 2.05) is 30.3 Å². The Balaban J connectivity index is 2.12. The molecule has 0 heterocycles. The van der Waals surface area contributed by atoms with Gasteiger partial charge in [-0.2, -0.15) is 8.78 Å². The van der Waals surface area contributed by atoms with E-state index in [-0.39, 0.29) is 5.92 Å². The summed E-state index contributed by atoms with van der Waals surface area (Å²) in [6.45, 7) is 0. The Morgan fingerprint density at radius 2 is 1.65 bits per heavy atom. The standard InChI is InChI=1S/C17H15ClF2/c18-16-10-8-14(9-11-16)15(12-17(19)20)7-6-13-4-2-1-3-5-13/h1-5,8-12,15H,6-7H2. The molecule has 0 bridgehead atoms. The molecular weight excluding hydrogens is 278 g/mol. The Morgan fingerprint density at radius 3 is 2.25 bits per heavy atom. The number of rotatable bonds is 5. The molecule has 20 heavy (non-hydrogen) atoms. The summed E-state index contributed by atoms with van der Waals surface area (Å²) in [6, 6.07) is 16.9. The second-order valence-electron chi connectivity index (χ2n) is 4.64. The predicted molar refractivity (Wildman–Crippen MR) is 79.3 cm³/mol. The van der Waals surface area contributed by atoms with Gasteiger partial charge in [-0.25, -0.2) is 0 Å². The van der Waals surface area contributed by atoms with Gasteiger partial charge >= 0.3 is 0 Å². The Hall–Kier alpha value is -1.67. The van der Waals surface area contributed by atoms with Gasteiger partial charge in [0.2, 0.25) is 0 Å². The van der Waals surface area contributed by atoms with E-state index in [9.17, 15) is 8.78 Å². The number of halogens is 3. The van der Waals surface area contributed by atoms with Crippen LogP contribution in [0.2, 0.25) is 5.02 Å². The maximum Gasteiger partial charge on any atom is 0.266 e. The number of allylic oxidation sites excluding steroid dienone is 1. The summed E-state index contributed by atoms with van der Waals surface area (Å²) in [5, 5.41) is 0.611. The Kier molecular flexibility index (Phi) is 5.31. The lowest BCUT2D eigenvalue weighted by Gasteiger charge is -2.13. The van der Waals surface area contributed by atoms with Gasteiger partial charge in [0.1, 0.15) is 0 Å². The zero-order chi connectivity index (χ0) is 14.4. The van der Waals surface area contributed by atoms with Crippen molar-refractivity contribution in [2.75, 3.05) is 0 Å². The van der Waals surface area contributed by atoms with Crippen molar-refractivity contribution in [2.45, 2.75) is 18.8 Å². The average molecular weight is 293 g/mol. The van der Waals surface area contributed by atoms with Crippen LogP contribution < -0.4 is 0 Å². The summed E-state index contributed by atoms with van der Waals surface area (Å²) in [5.74, 6) is -0.294. The quantitative estimate of drug-likeness (QED) is 0.650. The molecule has 2 aromatic rings. The molecule has 0 aromatic heterocycles. The van der Waals surface area contributed by atoms with E-state index in [0.717, 1.165) is 23.6 Å². The zero-order valence-corrected chi connectivity index (χ0v) is 11.7. The third kappa shape index (κ3) is 4.46. The van der Waals surface area contributed by atoms with Crippen LogP contribution in [-0.4, -0.2) is 0 Å². The van der Waals surface area contributed by atoms with Crippen LogP contribution in [0, 0.1) is 0 Å². The van der Waals surface area contributed by atoms with Gasteiger partial charge in [-0.1, -0.05) is 54.1 Å². The minimum atomic E-state index is -1.64. The molecule has 104 valence electrons. The third-order valence-electron chi connectivity index (χ3n) is 3.21. The fraction of sp³-hybridized carbons (Fsp3) is 0.176. The van der Waals surface area contributed by atoms with Crippen molar-refractivity contribution < 1.29 is 8.78 Å².